The highest BCUT2D eigenvalue weighted by Crippen LogP contribution is 2.21. The molecule has 0 aliphatic carbocycles. The predicted molar refractivity (Wildman–Crippen MR) is 89.3 cm³/mol. The average Bonchev–Trinajstić information content (AvgIpc) is 2.84. The smallest absolute Gasteiger partial charge is 0.272 e. The number of carbonyl (C=O) groups is 3. The van der Waals surface area contributed by atoms with E-state index in [2.05, 4.69) is 10.3 Å². The maximum Gasteiger partial charge on any atom is 0.272 e. The SMILES string of the molecule is CCc1c(C(=O)Nc2ccc(C(C)=O)cc2)[nH]c(C)c1C(C)=O. The number of aromatic nitrogens is 1. The number of carbonyl (C=O) groups excluding carboxylic acids is 3. The Kier molecular flexibility index (Phi) is 4.79. The minimum Gasteiger partial charge on any atom is -0.354 e. The Hall–Kier alpha value is -2.69. The lowest BCUT2D eigenvalue weighted by Gasteiger charge is -2.07. The molecule has 0 aliphatic rings. The molecule has 120 valence electrons. The molecule has 0 fully saturated rings. The van der Waals surface area contributed by atoms with E-state index in [-0.39, 0.29) is 17.5 Å². The second-order valence-corrected chi connectivity index (χ2v) is 5.48. The third-order valence-corrected chi connectivity index (χ3v) is 3.77. The monoisotopic (exact) mass is 312 g/mol. The molecular formula is C18H20N2O3. The van der Waals surface area contributed by atoms with Crippen LogP contribution >= 0.6 is 0 Å². The number of amides is 1. The normalized spacial score (nSPS) is 10.4. The number of ketones is 2. The van der Waals surface area contributed by atoms with Crippen LogP contribution in [0, 0.1) is 6.92 Å². The second kappa shape index (κ2) is 6.60. The Morgan fingerprint density at radius 3 is 2.13 bits per heavy atom. The van der Waals surface area contributed by atoms with Gasteiger partial charge in [0.15, 0.2) is 11.6 Å². The predicted octanol–water partition coefficient (Wildman–Crippen LogP) is 3.54. The van der Waals surface area contributed by atoms with E-state index in [1.54, 1.807) is 31.2 Å². The van der Waals surface area contributed by atoms with Crippen molar-refractivity contribution in [1.82, 2.24) is 4.98 Å². The van der Waals surface area contributed by atoms with Crippen molar-refractivity contribution >= 4 is 23.2 Å². The van der Waals surface area contributed by atoms with Crippen LogP contribution < -0.4 is 5.32 Å². The maximum atomic E-state index is 12.5. The lowest BCUT2D eigenvalue weighted by atomic mass is 10.0. The first-order valence-electron chi connectivity index (χ1n) is 7.49. The molecule has 1 heterocycles. The third kappa shape index (κ3) is 3.39. The van der Waals surface area contributed by atoms with E-state index in [9.17, 15) is 14.4 Å². The van der Waals surface area contributed by atoms with E-state index in [0.29, 0.717) is 34.6 Å². The number of Topliss-reactive ketones (excluding diaryl/α,β-unsaturated/α-hetero) is 2. The second-order valence-electron chi connectivity index (χ2n) is 5.48. The molecule has 0 saturated carbocycles. The number of hydrogen-bond acceptors (Lipinski definition) is 3. The van der Waals surface area contributed by atoms with E-state index in [1.165, 1.54) is 13.8 Å². The molecule has 0 atom stereocenters. The summed E-state index contributed by atoms with van der Waals surface area (Å²) in [5.74, 6) is -0.379. The van der Waals surface area contributed by atoms with E-state index in [1.807, 2.05) is 6.92 Å². The van der Waals surface area contributed by atoms with Crippen molar-refractivity contribution in [3.05, 3.63) is 52.3 Å². The van der Waals surface area contributed by atoms with Crippen LogP contribution in [0.3, 0.4) is 0 Å². The Labute approximate surface area is 135 Å². The summed E-state index contributed by atoms with van der Waals surface area (Å²) in [6, 6.07) is 6.70. The number of aromatic amines is 1. The van der Waals surface area contributed by atoms with Gasteiger partial charge in [-0.1, -0.05) is 6.92 Å². The fraction of sp³-hybridized carbons (Fsp3) is 0.278. The van der Waals surface area contributed by atoms with Gasteiger partial charge in [-0.15, -0.1) is 0 Å². The Morgan fingerprint density at radius 2 is 1.65 bits per heavy atom. The van der Waals surface area contributed by atoms with Crippen molar-refractivity contribution in [2.45, 2.75) is 34.1 Å². The van der Waals surface area contributed by atoms with Gasteiger partial charge in [0, 0.05) is 22.5 Å². The molecule has 2 rings (SSSR count). The molecule has 0 spiro atoms. The van der Waals surface area contributed by atoms with Crippen molar-refractivity contribution in [2.75, 3.05) is 5.32 Å². The van der Waals surface area contributed by atoms with Gasteiger partial charge >= 0.3 is 0 Å². The van der Waals surface area contributed by atoms with Crippen LogP contribution in [0.1, 0.15) is 63.2 Å². The molecule has 1 amide bonds. The van der Waals surface area contributed by atoms with Gasteiger partial charge < -0.3 is 10.3 Å². The molecule has 5 heteroatoms. The topological polar surface area (TPSA) is 79.0 Å². The summed E-state index contributed by atoms with van der Waals surface area (Å²) in [6.45, 7) is 6.69. The molecule has 0 radical (unpaired) electrons. The minimum absolute atomic E-state index is 0.0257. The molecule has 0 saturated heterocycles. The average molecular weight is 312 g/mol. The molecule has 0 aliphatic heterocycles. The summed E-state index contributed by atoms with van der Waals surface area (Å²) in [5, 5.41) is 2.79. The molecular weight excluding hydrogens is 292 g/mol. The van der Waals surface area contributed by atoms with Gasteiger partial charge in [-0.2, -0.15) is 0 Å². The van der Waals surface area contributed by atoms with Crippen LogP contribution in [0.15, 0.2) is 24.3 Å². The number of anilines is 1. The van der Waals surface area contributed by atoms with Crippen LogP contribution in [-0.4, -0.2) is 22.5 Å². The Balaban J connectivity index is 2.29. The number of rotatable bonds is 5. The first-order valence-corrected chi connectivity index (χ1v) is 7.49. The van der Waals surface area contributed by atoms with Crippen LogP contribution in [0.25, 0.3) is 0 Å². The summed E-state index contributed by atoms with van der Waals surface area (Å²) < 4.78 is 0. The van der Waals surface area contributed by atoms with Gasteiger partial charge in [-0.25, -0.2) is 0 Å². The van der Waals surface area contributed by atoms with E-state index < -0.39 is 0 Å². The number of benzene rings is 1. The van der Waals surface area contributed by atoms with Crippen LogP contribution in [0.2, 0.25) is 0 Å². The third-order valence-electron chi connectivity index (χ3n) is 3.77. The fourth-order valence-electron chi connectivity index (χ4n) is 2.68. The highest BCUT2D eigenvalue weighted by atomic mass is 16.2. The highest BCUT2D eigenvalue weighted by molar-refractivity contribution is 6.08. The van der Waals surface area contributed by atoms with E-state index in [4.69, 9.17) is 0 Å². The van der Waals surface area contributed by atoms with Gasteiger partial charge in [0.1, 0.15) is 5.69 Å². The first-order chi connectivity index (χ1) is 10.8. The van der Waals surface area contributed by atoms with Crippen LogP contribution in [-0.2, 0) is 6.42 Å². The number of H-pyrrole nitrogens is 1. The van der Waals surface area contributed by atoms with E-state index in [0.717, 1.165) is 5.56 Å². The van der Waals surface area contributed by atoms with Crippen molar-refractivity contribution < 1.29 is 14.4 Å². The summed E-state index contributed by atoms with van der Waals surface area (Å²) >= 11 is 0. The van der Waals surface area contributed by atoms with Crippen molar-refractivity contribution in [3.8, 4) is 0 Å². The fourth-order valence-corrected chi connectivity index (χ4v) is 2.68. The maximum absolute atomic E-state index is 12.5. The standard InChI is InChI=1S/C18H20N2O3/c1-5-15-16(12(4)22)10(2)19-17(15)18(23)20-14-8-6-13(7-9-14)11(3)21/h6-9,19H,5H2,1-4H3,(H,20,23). The molecule has 2 aromatic rings. The molecule has 0 bridgehead atoms. The van der Waals surface area contributed by atoms with Crippen molar-refractivity contribution in [1.29, 1.82) is 0 Å². The molecule has 1 aromatic heterocycles. The minimum atomic E-state index is -0.298. The zero-order valence-electron chi connectivity index (χ0n) is 13.7. The van der Waals surface area contributed by atoms with Gasteiger partial charge in [-0.3, -0.25) is 14.4 Å². The number of aryl methyl sites for hydroxylation is 1. The molecule has 1 aromatic carbocycles. The van der Waals surface area contributed by atoms with Gasteiger partial charge in [0.2, 0.25) is 0 Å². The number of nitrogens with one attached hydrogen (secondary N) is 2. The quantitative estimate of drug-likeness (QED) is 0.829. The van der Waals surface area contributed by atoms with E-state index >= 15 is 0 Å². The van der Waals surface area contributed by atoms with Crippen molar-refractivity contribution in [3.63, 3.8) is 0 Å². The summed E-state index contributed by atoms with van der Waals surface area (Å²) in [7, 11) is 0. The van der Waals surface area contributed by atoms with Crippen molar-refractivity contribution in [2.24, 2.45) is 0 Å². The zero-order valence-corrected chi connectivity index (χ0v) is 13.7. The van der Waals surface area contributed by atoms with Gasteiger partial charge in [0.05, 0.1) is 0 Å². The zero-order chi connectivity index (χ0) is 17.1. The summed E-state index contributed by atoms with van der Waals surface area (Å²) in [5.41, 5.74) is 3.61. The molecule has 5 nitrogen and oxygen atoms in total. The van der Waals surface area contributed by atoms with Crippen LogP contribution in [0.5, 0.6) is 0 Å². The lowest BCUT2D eigenvalue weighted by molar-refractivity contribution is 0.100. The van der Waals surface area contributed by atoms with Crippen LogP contribution in [0.4, 0.5) is 5.69 Å². The number of hydrogen-bond donors (Lipinski definition) is 2. The summed E-state index contributed by atoms with van der Waals surface area (Å²) in [6.07, 6.45) is 0.589. The molecule has 23 heavy (non-hydrogen) atoms. The largest absolute Gasteiger partial charge is 0.354 e. The van der Waals surface area contributed by atoms with Gasteiger partial charge in [0.25, 0.3) is 5.91 Å². The first kappa shape index (κ1) is 16.7. The summed E-state index contributed by atoms with van der Waals surface area (Å²) in [4.78, 5) is 38.5. The van der Waals surface area contributed by atoms with Gasteiger partial charge in [-0.05, 0) is 57.0 Å². The highest BCUT2D eigenvalue weighted by Gasteiger charge is 2.21. The Morgan fingerprint density at radius 1 is 1.04 bits per heavy atom. The lowest BCUT2D eigenvalue weighted by Crippen LogP contribution is -2.14. The Bertz CT molecular complexity index is 770. The molecule has 0 unspecified atom stereocenters. The molecule has 2 N–H and O–H groups in total.